The summed E-state index contributed by atoms with van der Waals surface area (Å²) in [6, 6.07) is 0. The van der Waals surface area contributed by atoms with Gasteiger partial charge in [-0.25, -0.2) is 8.78 Å². The Balaban J connectivity index is 2.26. The molecule has 0 aromatic carbocycles. The summed E-state index contributed by atoms with van der Waals surface area (Å²) in [6.07, 6.45) is -0.490. The van der Waals surface area contributed by atoms with E-state index < -0.39 is 13.0 Å². The number of ether oxygens (including phenoxy) is 1. The van der Waals surface area contributed by atoms with Crippen molar-refractivity contribution in [3.8, 4) is 0 Å². The summed E-state index contributed by atoms with van der Waals surface area (Å²) in [5.41, 5.74) is -0.380. The highest BCUT2D eigenvalue weighted by molar-refractivity contribution is 4.82. The van der Waals surface area contributed by atoms with Crippen molar-refractivity contribution in [1.29, 1.82) is 0 Å². The molecule has 1 unspecified atom stereocenters. The molecule has 0 amide bonds. The number of alkyl halides is 2. The third-order valence-corrected chi connectivity index (χ3v) is 2.12. The number of hydrogen-bond donors (Lipinski definition) is 1. The SMILES string of the molecule is CC1(OCC(F)F)CCCNC1. The molecule has 0 saturated carbocycles. The van der Waals surface area contributed by atoms with E-state index in [1.165, 1.54) is 0 Å². The summed E-state index contributed by atoms with van der Waals surface area (Å²) in [7, 11) is 0. The fourth-order valence-corrected chi connectivity index (χ4v) is 1.42. The first-order valence-corrected chi connectivity index (χ1v) is 4.25. The van der Waals surface area contributed by atoms with Crippen LogP contribution in [0.3, 0.4) is 0 Å². The maximum atomic E-state index is 11.8. The van der Waals surface area contributed by atoms with E-state index in [-0.39, 0.29) is 5.60 Å². The summed E-state index contributed by atoms with van der Waals surface area (Å²) < 4.78 is 28.7. The zero-order valence-corrected chi connectivity index (χ0v) is 7.28. The van der Waals surface area contributed by atoms with Gasteiger partial charge in [0, 0.05) is 6.54 Å². The summed E-state index contributed by atoms with van der Waals surface area (Å²) in [5, 5.41) is 3.13. The third kappa shape index (κ3) is 3.03. The van der Waals surface area contributed by atoms with E-state index in [1.807, 2.05) is 6.92 Å². The van der Waals surface area contributed by atoms with Crippen LogP contribution in [0.5, 0.6) is 0 Å². The minimum atomic E-state index is -2.36. The summed E-state index contributed by atoms with van der Waals surface area (Å²) in [4.78, 5) is 0. The molecule has 1 aliphatic rings. The molecule has 1 aliphatic heterocycles. The number of nitrogens with one attached hydrogen (secondary N) is 1. The first-order valence-electron chi connectivity index (χ1n) is 4.25. The zero-order chi connectivity index (χ0) is 9.03. The Morgan fingerprint density at radius 1 is 1.58 bits per heavy atom. The predicted molar refractivity (Wildman–Crippen MR) is 42.5 cm³/mol. The van der Waals surface area contributed by atoms with Gasteiger partial charge in [-0.15, -0.1) is 0 Å². The Kier molecular flexibility index (Phi) is 3.40. The molecule has 0 aliphatic carbocycles. The first-order chi connectivity index (χ1) is 5.62. The van der Waals surface area contributed by atoms with E-state index in [1.54, 1.807) is 0 Å². The van der Waals surface area contributed by atoms with Crippen LogP contribution in [0.15, 0.2) is 0 Å². The van der Waals surface area contributed by atoms with Crippen LogP contribution in [0.25, 0.3) is 0 Å². The normalized spacial score (nSPS) is 31.0. The second kappa shape index (κ2) is 4.14. The molecule has 4 heteroatoms. The highest BCUT2D eigenvalue weighted by Crippen LogP contribution is 2.20. The van der Waals surface area contributed by atoms with Gasteiger partial charge in [0.05, 0.1) is 5.60 Å². The van der Waals surface area contributed by atoms with Gasteiger partial charge in [-0.1, -0.05) is 0 Å². The molecule has 1 heterocycles. The molecule has 1 atom stereocenters. The van der Waals surface area contributed by atoms with Gasteiger partial charge in [-0.2, -0.15) is 0 Å². The highest BCUT2D eigenvalue weighted by atomic mass is 19.3. The molecule has 72 valence electrons. The quantitative estimate of drug-likeness (QED) is 0.707. The molecule has 0 spiro atoms. The van der Waals surface area contributed by atoms with E-state index in [2.05, 4.69) is 5.32 Å². The van der Waals surface area contributed by atoms with Gasteiger partial charge >= 0.3 is 0 Å². The molecule has 1 saturated heterocycles. The highest BCUT2D eigenvalue weighted by Gasteiger charge is 2.28. The molecule has 2 nitrogen and oxygen atoms in total. The molecule has 0 aromatic rings. The Morgan fingerprint density at radius 3 is 2.83 bits per heavy atom. The van der Waals surface area contributed by atoms with Crippen molar-refractivity contribution in [1.82, 2.24) is 5.32 Å². The van der Waals surface area contributed by atoms with Crippen LogP contribution in [-0.4, -0.2) is 31.7 Å². The lowest BCUT2D eigenvalue weighted by Crippen LogP contribution is -2.46. The smallest absolute Gasteiger partial charge is 0.261 e. The lowest BCUT2D eigenvalue weighted by molar-refractivity contribution is -0.0888. The van der Waals surface area contributed by atoms with Gasteiger partial charge in [-0.3, -0.25) is 0 Å². The van der Waals surface area contributed by atoms with Gasteiger partial charge in [0.15, 0.2) is 0 Å². The van der Waals surface area contributed by atoms with Gasteiger partial charge in [0.1, 0.15) is 6.61 Å². The second-order valence-corrected chi connectivity index (χ2v) is 3.43. The van der Waals surface area contributed by atoms with Crippen molar-refractivity contribution < 1.29 is 13.5 Å². The summed E-state index contributed by atoms with van der Waals surface area (Å²) in [5.74, 6) is 0. The van der Waals surface area contributed by atoms with E-state index >= 15 is 0 Å². The van der Waals surface area contributed by atoms with Crippen LogP contribution in [0.2, 0.25) is 0 Å². The minimum absolute atomic E-state index is 0.380. The van der Waals surface area contributed by atoms with Crippen molar-refractivity contribution in [2.75, 3.05) is 19.7 Å². The van der Waals surface area contributed by atoms with Crippen LogP contribution < -0.4 is 5.32 Å². The molecular formula is C8H15F2NO. The predicted octanol–water partition coefficient (Wildman–Crippen LogP) is 1.41. The molecule has 1 N–H and O–H groups in total. The van der Waals surface area contributed by atoms with E-state index in [9.17, 15) is 8.78 Å². The molecule has 0 aromatic heterocycles. The van der Waals surface area contributed by atoms with Gasteiger partial charge in [-0.05, 0) is 26.3 Å². The van der Waals surface area contributed by atoms with E-state index in [0.29, 0.717) is 6.54 Å². The van der Waals surface area contributed by atoms with Crippen LogP contribution >= 0.6 is 0 Å². The third-order valence-electron chi connectivity index (χ3n) is 2.12. The van der Waals surface area contributed by atoms with Crippen molar-refractivity contribution in [2.45, 2.75) is 31.8 Å². The summed E-state index contributed by atoms with van der Waals surface area (Å²) in [6.45, 7) is 3.08. The number of hydrogen-bond acceptors (Lipinski definition) is 2. The van der Waals surface area contributed by atoms with Crippen molar-refractivity contribution >= 4 is 0 Å². The fraction of sp³-hybridized carbons (Fsp3) is 1.00. The van der Waals surface area contributed by atoms with Gasteiger partial charge < -0.3 is 10.1 Å². The Morgan fingerprint density at radius 2 is 2.33 bits per heavy atom. The monoisotopic (exact) mass is 179 g/mol. The Hall–Kier alpha value is -0.220. The molecule has 1 rings (SSSR count). The van der Waals surface area contributed by atoms with E-state index in [0.717, 1.165) is 19.4 Å². The molecule has 12 heavy (non-hydrogen) atoms. The fourth-order valence-electron chi connectivity index (χ4n) is 1.42. The topological polar surface area (TPSA) is 21.3 Å². The molecule has 0 bridgehead atoms. The average molecular weight is 179 g/mol. The van der Waals surface area contributed by atoms with Gasteiger partial charge in [0.2, 0.25) is 0 Å². The van der Waals surface area contributed by atoms with Crippen molar-refractivity contribution in [2.24, 2.45) is 0 Å². The van der Waals surface area contributed by atoms with Crippen LogP contribution in [-0.2, 0) is 4.74 Å². The second-order valence-electron chi connectivity index (χ2n) is 3.43. The number of rotatable bonds is 3. The average Bonchev–Trinajstić information content (AvgIpc) is 2.03. The van der Waals surface area contributed by atoms with Crippen molar-refractivity contribution in [3.05, 3.63) is 0 Å². The maximum absolute atomic E-state index is 11.8. The first kappa shape index (κ1) is 9.86. The Bertz CT molecular complexity index is 135. The lowest BCUT2D eigenvalue weighted by Gasteiger charge is -2.34. The molecule has 0 radical (unpaired) electrons. The van der Waals surface area contributed by atoms with Crippen LogP contribution in [0.1, 0.15) is 19.8 Å². The molecular weight excluding hydrogens is 164 g/mol. The molecule has 1 fully saturated rings. The van der Waals surface area contributed by atoms with E-state index in [4.69, 9.17) is 4.74 Å². The lowest BCUT2D eigenvalue weighted by atomic mass is 9.96. The number of halogens is 2. The zero-order valence-electron chi connectivity index (χ0n) is 7.28. The largest absolute Gasteiger partial charge is 0.368 e. The van der Waals surface area contributed by atoms with Crippen LogP contribution in [0.4, 0.5) is 8.78 Å². The van der Waals surface area contributed by atoms with Crippen LogP contribution in [0, 0.1) is 0 Å². The Labute approximate surface area is 71.3 Å². The minimum Gasteiger partial charge on any atom is -0.368 e. The summed E-state index contributed by atoms with van der Waals surface area (Å²) >= 11 is 0. The standard InChI is InChI=1S/C8H15F2NO/c1-8(12-5-7(9)10)3-2-4-11-6-8/h7,11H,2-6H2,1H3. The number of piperidine rings is 1. The van der Waals surface area contributed by atoms with Gasteiger partial charge in [0.25, 0.3) is 6.43 Å². The van der Waals surface area contributed by atoms with Crippen molar-refractivity contribution in [3.63, 3.8) is 0 Å². The maximum Gasteiger partial charge on any atom is 0.261 e.